The first kappa shape index (κ1) is 13.7. The molecule has 3 atom stereocenters. The minimum atomic E-state index is 0.114. The van der Waals surface area contributed by atoms with Crippen molar-refractivity contribution in [1.82, 2.24) is 0 Å². The van der Waals surface area contributed by atoms with Crippen molar-refractivity contribution in [2.75, 3.05) is 13.7 Å². The van der Waals surface area contributed by atoms with E-state index in [1.54, 1.807) is 13.2 Å². The molecule has 1 N–H and O–H groups in total. The van der Waals surface area contributed by atoms with Crippen molar-refractivity contribution in [2.24, 2.45) is 11.8 Å². The lowest BCUT2D eigenvalue weighted by Gasteiger charge is -2.26. The third-order valence-electron chi connectivity index (χ3n) is 2.64. The molecule has 0 aliphatic heterocycles. The van der Waals surface area contributed by atoms with Crippen LogP contribution in [0, 0.1) is 11.8 Å². The Labute approximate surface area is 88.0 Å². The zero-order valence-electron chi connectivity index (χ0n) is 9.86. The van der Waals surface area contributed by atoms with Gasteiger partial charge in [0, 0.05) is 13.0 Å². The second kappa shape index (κ2) is 8.01. The predicted octanol–water partition coefficient (Wildman–Crippen LogP) is 2.62. The van der Waals surface area contributed by atoms with Crippen molar-refractivity contribution in [3.05, 3.63) is 12.2 Å². The molecular formula is C12H24O2. The minimum Gasteiger partial charge on any atom is -0.392 e. The first-order valence-corrected chi connectivity index (χ1v) is 5.47. The van der Waals surface area contributed by atoms with Crippen LogP contribution in [0.25, 0.3) is 0 Å². The zero-order chi connectivity index (χ0) is 11.0. The Kier molecular flexibility index (Phi) is 7.81. The van der Waals surface area contributed by atoms with Crippen molar-refractivity contribution < 1.29 is 9.84 Å². The van der Waals surface area contributed by atoms with E-state index in [-0.39, 0.29) is 12.7 Å². The summed E-state index contributed by atoms with van der Waals surface area (Å²) in [5.41, 5.74) is 0. The fourth-order valence-corrected chi connectivity index (χ4v) is 1.97. The molecule has 0 spiro atoms. The fourth-order valence-electron chi connectivity index (χ4n) is 1.97. The van der Waals surface area contributed by atoms with Crippen molar-refractivity contribution in [3.63, 3.8) is 0 Å². The summed E-state index contributed by atoms with van der Waals surface area (Å²) in [4.78, 5) is 0. The monoisotopic (exact) mass is 200 g/mol. The molecule has 0 aromatic heterocycles. The summed E-state index contributed by atoms with van der Waals surface area (Å²) < 4.78 is 5.49. The summed E-state index contributed by atoms with van der Waals surface area (Å²) >= 11 is 0. The molecule has 0 amide bonds. The van der Waals surface area contributed by atoms with Crippen LogP contribution in [0.5, 0.6) is 0 Å². The number of aliphatic hydroxyl groups excluding tert-OH is 1. The van der Waals surface area contributed by atoms with E-state index in [0.717, 1.165) is 0 Å². The molecule has 0 heterocycles. The first-order chi connectivity index (χ1) is 6.67. The number of hydrogen-bond donors (Lipinski definition) is 1. The van der Waals surface area contributed by atoms with Crippen LogP contribution in [0.2, 0.25) is 0 Å². The summed E-state index contributed by atoms with van der Waals surface area (Å²) in [6, 6.07) is 0. The highest BCUT2D eigenvalue weighted by atomic mass is 16.5. The number of hydrogen-bond acceptors (Lipinski definition) is 2. The second-order valence-corrected chi connectivity index (χ2v) is 3.94. The molecule has 0 rings (SSSR count). The first-order valence-electron chi connectivity index (χ1n) is 5.47. The van der Waals surface area contributed by atoms with E-state index in [9.17, 15) is 0 Å². The Balaban J connectivity index is 4.16. The molecule has 84 valence electrons. The van der Waals surface area contributed by atoms with Gasteiger partial charge in [0.25, 0.3) is 0 Å². The summed E-state index contributed by atoms with van der Waals surface area (Å²) in [6.07, 6.45) is 6.46. The Morgan fingerprint density at radius 1 is 1.36 bits per heavy atom. The standard InChI is InChI=1S/C12H24O2/c1-5-7-10(2)12(14-4)11(3)8-6-9-13/h6,8,10-13H,5,7,9H2,1-4H3. The third kappa shape index (κ3) is 4.77. The van der Waals surface area contributed by atoms with Gasteiger partial charge in [-0.05, 0) is 12.3 Å². The highest BCUT2D eigenvalue weighted by molar-refractivity contribution is 4.91. The molecule has 0 aliphatic carbocycles. The van der Waals surface area contributed by atoms with Crippen molar-refractivity contribution >= 4 is 0 Å². The van der Waals surface area contributed by atoms with Crippen molar-refractivity contribution in [3.8, 4) is 0 Å². The van der Waals surface area contributed by atoms with Gasteiger partial charge in [-0.1, -0.05) is 39.3 Å². The largest absolute Gasteiger partial charge is 0.392 e. The highest BCUT2D eigenvalue weighted by Crippen LogP contribution is 2.21. The molecule has 0 aliphatic rings. The van der Waals surface area contributed by atoms with Crippen LogP contribution in [0.4, 0.5) is 0 Å². The summed E-state index contributed by atoms with van der Waals surface area (Å²) in [7, 11) is 1.76. The lowest BCUT2D eigenvalue weighted by molar-refractivity contribution is 0.0284. The van der Waals surface area contributed by atoms with Crippen molar-refractivity contribution in [2.45, 2.75) is 39.7 Å². The molecular weight excluding hydrogens is 176 g/mol. The van der Waals surface area contributed by atoms with Gasteiger partial charge < -0.3 is 9.84 Å². The summed E-state index contributed by atoms with van der Waals surface area (Å²) in [5, 5.41) is 8.68. The van der Waals surface area contributed by atoms with Gasteiger partial charge in [-0.2, -0.15) is 0 Å². The molecule has 3 unspecified atom stereocenters. The molecule has 14 heavy (non-hydrogen) atoms. The summed E-state index contributed by atoms with van der Waals surface area (Å²) in [6.45, 7) is 6.66. The van der Waals surface area contributed by atoms with Gasteiger partial charge in [0.15, 0.2) is 0 Å². The van der Waals surface area contributed by atoms with Crippen LogP contribution in [-0.2, 0) is 4.74 Å². The fraction of sp³-hybridized carbons (Fsp3) is 0.833. The average molecular weight is 200 g/mol. The zero-order valence-corrected chi connectivity index (χ0v) is 9.86. The topological polar surface area (TPSA) is 29.5 Å². The Hall–Kier alpha value is -0.340. The van der Waals surface area contributed by atoms with Gasteiger partial charge in [-0.3, -0.25) is 0 Å². The van der Waals surface area contributed by atoms with E-state index in [1.807, 2.05) is 6.08 Å². The van der Waals surface area contributed by atoms with Gasteiger partial charge in [0.1, 0.15) is 0 Å². The number of ether oxygens (including phenoxy) is 1. The molecule has 2 heteroatoms. The van der Waals surface area contributed by atoms with E-state index in [1.165, 1.54) is 12.8 Å². The lowest BCUT2D eigenvalue weighted by atomic mass is 9.90. The molecule has 0 aromatic rings. The van der Waals surface area contributed by atoms with Gasteiger partial charge >= 0.3 is 0 Å². The van der Waals surface area contributed by atoms with E-state index in [4.69, 9.17) is 9.84 Å². The average Bonchev–Trinajstić information content (AvgIpc) is 2.16. The second-order valence-electron chi connectivity index (χ2n) is 3.94. The van der Waals surface area contributed by atoms with E-state index >= 15 is 0 Å². The maximum absolute atomic E-state index is 8.68. The lowest BCUT2D eigenvalue weighted by Crippen LogP contribution is -2.26. The molecule has 0 aromatic carbocycles. The maximum atomic E-state index is 8.68. The summed E-state index contributed by atoms with van der Waals surface area (Å²) in [5.74, 6) is 0.942. The molecule has 0 saturated carbocycles. The SMILES string of the molecule is CCCC(C)C(OC)C(C)C=CCO. The minimum absolute atomic E-state index is 0.114. The smallest absolute Gasteiger partial charge is 0.0656 e. The van der Waals surface area contributed by atoms with E-state index < -0.39 is 0 Å². The number of rotatable bonds is 7. The van der Waals surface area contributed by atoms with Crippen LogP contribution < -0.4 is 0 Å². The van der Waals surface area contributed by atoms with E-state index in [2.05, 4.69) is 20.8 Å². The Morgan fingerprint density at radius 3 is 2.43 bits per heavy atom. The van der Waals surface area contributed by atoms with Crippen LogP contribution in [0.3, 0.4) is 0 Å². The van der Waals surface area contributed by atoms with Gasteiger partial charge in [-0.25, -0.2) is 0 Å². The van der Waals surface area contributed by atoms with E-state index in [0.29, 0.717) is 11.8 Å². The molecule has 0 bridgehead atoms. The van der Waals surface area contributed by atoms with Crippen LogP contribution in [-0.4, -0.2) is 24.9 Å². The maximum Gasteiger partial charge on any atom is 0.0656 e. The van der Waals surface area contributed by atoms with Gasteiger partial charge in [-0.15, -0.1) is 0 Å². The normalized spacial score (nSPS) is 18.4. The molecule has 0 fully saturated rings. The molecule has 0 saturated heterocycles. The number of methoxy groups -OCH3 is 1. The highest BCUT2D eigenvalue weighted by Gasteiger charge is 2.20. The van der Waals surface area contributed by atoms with Crippen LogP contribution >= 0.6 is 0 Å². The van der Waals surface area contributed by atoms with Crippen LogP contribution in [0.15, 0.2) is 12.2 Å². The van der Waals surface area contributed by atoms with Crippen LogP contribution in [0.1, 0.15) is 33.6 Å². The molecule has 2 nitrogen and oxygen atoms in total. The Morgan fingerprint density at radius 2 is 2.00 bits per heavy atom. The van der Waals surface area contributed by atoms with Gasteiger partial charge in [0.2, 0.25) is 0 Å². The van der Waals surface area contributed by atoms with Gasteiger partial charge in [0.05, 0.1) is 12.7 Å². The molecule has 0 radical (unpaired) electrons. The Bertz CT molecular complexity index is 154. The number of aliphatic hydroxyl groups is 1. The third-order valence-corrected chi connectivity index (χ3v) is 2.64. The predicted molar refractivity (Wildman–Crippen MR) is 60.3 cm³/mol. The van der Waals surface area contributed by atoms with Crippen molar-refractivity contribution in [1.29, 1.82) is 0 Å². The quantitative estimate of drug-likeness (QED) is 0.640.